The monoisotopic (exact) mass is 204 g/mol. The zero-order valence-electron chi connectivity index (χ0n) is 9.94. The van der Waals surface area contributed by atoms with Gasteiger partial charge in [0, 0.05) is 12.5 Å². The molecule has 0 atom stereocenters. The lowest BCUT2D eigenvalue weighted by Gasteiger charge is -2.21. The van der Waals surface area contributed by atoms with Crippen LogP contribution in [0.1, 0.15) is 41.5 Å². The Morgan fingerprint density at radius 2 is 1.08 bits per heavy atom. The van der Waals surface area contributed by atoms with Crippen molar-refractivity contribution in [1.82, 2.24) is 0 Å². The van der Waals surface area contributed by atoms with E-state index in [4.69, 9.17) is 9.47 Å². The van der Waals surface area contributed by atoms with E-state index in [-0.39, 0.29) is 20.7 Å². The van der Waals surface area contributed by atoms with E-state index < -0.39 is 0 Å². The highest BCUT2D eigenvalue weighted by Gasteiger charge is 2.11. The molecule has 0 spiro atoms. The molecular formula is C10H24O2Si. The molecule has 80 valence electrons. The minimum absolute atomic E-state index is 0.00866. The molecule has 13 heavy (non-hydrogen) atoms. The van der Waals surface area contributed by atoms with Crippen LogP contribution in [-0.2, 0) is 9.47 Å². The van der Waals surface area contributed by atoms with Crippen LogP contribution in [0.25, 0.3) is 0 Å². The molecule has 0 saturated heterocycles. The van der Waals surface area contributed by atoms with E-state index in [0.29, 0.717) is 0 Å². The van der Waals surface area contributed by atoms with Gasteiger partial charge in [0.1, 0.15) is 0 Å². The summed E-state index contributed by atoms with van der Waals surface area (Å²) in [6.07, 6.45) is 1.83. The molecule has 0 aromatic rings. The molecule has 0 aliphatic rings. The lowest BCUT2D eigenvalue weighted by molar-refractivity contribution is 0.0107. The topological polar surface area (TPSA) is 18.5 Å². The standard InChI is InChI=1S/C10H24O2Si/c1-9(2,3)11-7-13-8-12-10(4,5)6/h7-8,13H2,1-6H3. The Bertz CT molecular complexity index is 117. The molecule has 0 fully saturated rings. The van der Waals surface area contributed by atoms with Gasteiger partial charge in [0.15, 0.2) is 0 Å². The summed E-state index contributed by atoms with van der Waals surface area (Å²) in [7, 11) is -0.193. The smallest absolute Gasteiger partial charge is 0.0823 e. The first-order valence-electron chi connectivity index (χ1n) is 4.99. The van der Waals surface area contributed by atoms with Crippen molar-refractivity contribution in [2.45, 2.75) is 52.7 Å². The van der Waals surface area contributed by atoms with Gasteiger partial charge in [0.2, 0.25) is 0 Å². The van der Waals surface area contributed by atoms with Gasteiger partial charge in [-0.1, -0.05) is 0 Å². The second kappa shape index (κ2) is 5.13. The predicted octanol–water partition coefficient (Wildman–Crippen LogP) is 1.70. The Labute approximate surface area is 84.8 Å². The molecule has 0 saturated carbocycles. The maximum absolute atomic E-state index is 5.63. The second-order valence-corrected chi connectivity index (χ2v) is 6.80. The van der Waals surface area contributed by atoms with Crippen molar-refractivity contribution in [1.29, 1.82) is 0 Å². The molecule has 0 rings (SSSR count). The fourth-order valence-corrected chi connectivity index (χ4v) is 2.45. The van der Waals surface area contributed by atoms with Gasteiger partial charge in [0.05, 0.1) is 20.7 Å². The van der Waals surface area contributed by atoms with Crippen molar-refractivity contribution in [2.75, 3.05) is 12.5 Å². The van der Waals surface area contributed by atoms with Gasteiger partial charge in [-0.2, -0.15) is 0 Å². The fraction of sp³-hybridized carbons (Fsp3) is 1.00. The largest absolute Gasteiger partial charge is 0.380 e. The zero-order valence-corrected chi connectivity index (χ0v) is 11.4. The normalized spacial score (nSPS) is 13.4. The summed E-state index contributed by atoms with van der Waals surface area (Å²) >= 11 is 0. The minimum atomic E-state index is -0.193. The third kappa shape index (κ3) is 12.1. The zero-order chi connectivity index (χ0) is 10.5. The van der Waals surface area contributed by atoms with Gasteiger partial charge in [-0.25, -0.2) is 0 Å². The van der Waals surface area contributed by atoms with Crippen molar-refractivity contribution >= 4 is 9.52 Å². The van der Waals surface area contributed by atoms with Crippen LogP contribution >= 0.6 is 0 Å². The van der Waals surface area contributed by atoms with Crippen LogP contribution in [0.2, 0.25) is 0 Å². The second-order valence-electron chi connectivity index (χ2n) is 5.28. The van der Waals surface area contributed by atoms with Crippen LogP contribution in [0.3, 0.4) is 0 Å². The minimum Gasteiger partial charge on any atom is -0.380 e. The van der Waals surface area contributed by atoms with Crippen LogP contribution in [0, 0.1) is 0 Å². The summed E-state index contributed by atoms with van der Waals surface area (Å²) in [5, 5.41) is 0. The first kappa shape index (κ1) is 13.1. The third-order valence-corrected chi connectivity index (χ3v) is 2.34. The van der Waals surface area contributed by atoms with Crippen LogP contribution in [0.5, 0.6) is 0 Å². The lowest BCUT2D eigenvalue weighted by Crippen LogP contribution is -2.27. The van der Waals surface area contributed by atoms with Crippen LogP contribution < -0.4 is 0 Å². The first-order chi connectivity index (χ1) is 5.71. The molecule has 0 aromatic heterocycles. The first-order valence-corrected chi connectivity index (χ1v) is 6.99. The highest BCUT2D eigenvalue weighted by Crippen LogP contribution is 2.07. The highest BCUT2D eigenvalue weighted by molar-refractivity contribution is 6.35. The third-order valence-electron chi connectivity index (χ3n) is 1.36. The Morgan fingerprint density at radius 1 is 0.769 bits per heavy atom. The van der Waals surface area contributed by atoms with Gasteiger partial charge in [0.25, 0.3) is 0 Å². The summed E-state index contributed by atoms with van der Waals surface area (Å²) in [6.45, 7) is 12.5. The molecule has 0 radical (unpaired) electrons. The van der Waals surface area contributed by atoms with Crippen molar-refractivity contribution < 1.29 is 9.47 Å². The molecule has 0 aliphatic carbocycles. The summed E-state index contributed by atoms with van der Waals surface area (Å²) in [5.74, 6) is 0. The Kier molecular flexibility index (Phi) is 5.18. The predicted molar refractivity (Wildman–Crippen MR) is 60.0 cm³/mol. The van der Waals surface area contributed by atoms with Gasteiger partial charge < -0.3 is 9.47 Å². The fourth-order valence-electron chi connectivity index (χ4n) is 0.816. The number of hydrogen-bond donors (Lipinski definition) is 0. The molecule has 3 heteroatoms. The van der Waals surface area contributed by atoms with Crippen LogP contribution in [0.15, 0.2) is 0 Å². The molecule has 0 unspecified atom stereocenters. The molecule has 0 N–H and O–H groups in total. The van der Waals surface area contributed by atoms with E-state index in [1.54, 1.807) is 0 Å². The van der Waals surface area contributed by atoms with E-state index in [1.807, 2.05) is 0 Å². The van der Waals surface area contributed by atoms with Crippen molar-refractivity contribution in [2.24, 2.45) is 0 Å². The Morgan fingerprint density at radius 3 is 1.31 bits per heavy atom. The van der Waals surface area contributed by atoms with Crippen molar-refractivity contribution in [3.63, 3.8) is 0 Å². The summed E-state index contributed by atoms with van der Waals surface area (Å²) in [5.41, 5.74) is 0.0173. The molecule has 0 amide bonds. The number of rotatable bonds is 4. The van der Waals surface area contributed by atoms with Gasteiger partial charge >= 0.3 is 0 Å². The highest BCUT2D eigenvalue weighted by atomic mass is 28.2. The quantitative estimate of drug-likeness (QED) is 0.512. The SMILES string of the molecule is CC(C)(C)OC[SiH2]COC(C)(C)C. The molecular weight excluding hydrogens is 180 g/mol. The molecule has 0 aromatic carbocycles. The number of hydrogen-bond acceptors (Lipinski definition) is 2. The summed E-state index contributed by atoms with van der Waals surface area (Å²) in [4.78, 5) is 0. The average molecular weight is 204 g/mol. The maximum Gasteiger partial charge on any atom is 0.0823 e. The molecule has 0 aliphatic heterocycles. The Balaban J connectivity index is 3.28. The van der Waals surface area contributed by atoms with E-state index in [2.05, 4.69) is 41.5 Å². The molecule has 0 bridgehead atoms. The Hall–Kier alpha value is 0.137. The van der Waals surface area contributed by atoms with E-state index in [1.165, 1.54) is 0 Å². The average Bonchev–Trinajstić information content (AvgIpc) is 1.81. The van der Waals surface area contributed by atoms with Crippen molar-refractivity contribution in [3.8, 4) is 0 Å². The lowest BCUT2D eigenvalue weighted by atomic mass is 10.2. The van der Waals surface area contributed by atoms with Crippen LogP contribution in [0.4, 0.5) is 0 Å². The summed E-state index contributed by atoms with van der Waals surface area (Å²) < 4.78 is 11.3. The van der Waals surface area contributed by atoms with Gasteiger partial charge in [-0.05, 0) is 41.5 Å². The van der Waals surface area contributed by atoms with Gasteiger partial charge in [-0.15, -0.1) is 0 Å². The molecule has 0 heterocycles. The van der Waals surface area contributed by atoms with Crippen LogP contribution in [-0.4, -0.2) is 33.2 Å². The maximum atomic E-state index is 5.63. The van der Waals surface area contributed by atoms with Crippen molar-refractivity contribution in [3.05, 3.63) is 0 Å². The molecule has 2 nitrogen and oxygen atoms in total. The van der Waals surface area contributed by atoms with Gasteiger partial charge in [-0.3, -0.25) is 0 Å². The number of ether oxygens (including phenoxy) is 2. The summed E-state index contributed by atoms with van der Waals surface area (Å²) in [6, 6.07) is 0. The van der Waals surface area contributed by atoms with E-state index >= 15 is 0 Å². The van der Waals surface area contributed by atoms with E-state index in [9.17, 15) is 0 Å². The van der Waals surface area contributed by atoms with E-state index in [0.717, 1.165) is 12.5 Å².